The predicted molar refractivity (Wildman–Crippen MR) is 114 cm³/mol. The molecule has 8 nitrogen and oxygen atoms in total. The summed E-state index contributed by atoms with van der Waals surface area (Å²) < 4.78 is 5.05. The topological polar surface area (TPSA) is 122 Å². The summed E-state index contributed by atoms with van der Waals surface area (Å²) in [5.74, 6) is -3.55. The zero-order chi connectivity index (χ0) is 22.4. The summed E-state index contributed by atoms with van der Waals surface area (Å²) in [7, 11) is 0. The second-order valence-electron chi connectivity index (χ2n) is 6.64. The number of allylic oxidation sites excluding steroid dienone is 1. The molecule has 2 aromatic carbocycles. The van der Waals surface area contributed by atoms with E-state index in [-0.39, 0.29) is 28.5 Å². The normalized spacial score (nSPS) is 18.1. The third kappa shape index (κ3) is 4.75. The number of hydrogen-bond acceptors (Lipinski definition) is 7. The minimum atomic E-state index is -1.41. The predicted octanol–water partition coefficient (Wildman–Crippen LogP) is 3.66. The summed E-state index contributed by atoms with van der Waals surface area (Å²) in [6, 6.07) is 17.3. The Morgan fingerprint density at radius 2 is 1.90 bits per heavy atom. The molecule has 0 spiro atoms. The lowest BCUT2D eigenvalue weighted by Crippen LogP contribution is -2.44. The van der Waals surface area contributed by atoms with E-state index in [1.807, 2.05) is 30.3 Å². The summed E-state index contributed by atoms with van der Waals surface area (Å²) in [4.78, 5) is 36.6. The third-order valence-electron chi connectivity index (χ3n) is 4.76. The van der Waals surface area contributed by atoms with E-state index < -0.39 is 28.6 Å². The Morgan fingerprint density at radius 1 is 1.23 bits per heavy atom. The molecule has 1 aliphatic heterocycles. The van der Waals surface area contributed by atoms with Gasteiger partial charge in [0.2, 0.25) is 5.91 Å². The van der Waals surface area contributed by atoms with Gasteiger partial charge < -0.3 is 10.1 Å². The van der Waals surface area contributed by atoms with Crippen molar-refractivity contribution in [1.82, 2.24) is 5.32 Å². The first-order chi connectivity index (χ1) is 15.0. The molecule has 2 aromatic rings. The summed E-state index contributed by atoms with van der Waals surface area (Å²) in [5, 5.41) is 24.5. The standard InChI is InChI=1S/C22H19N3O5S/c1-2-30-22(27)19-18(15-10-6-7-11-17(15)25(28)29)16(12-23)21(24-20(19)26)31-13-14-8-4-3-5-9-14/h3-11,18-19H,2,13H2,1H3,(H,24,26). The van der Waals surface area contributed by atoms with Crippen molar-refractivity contribution in [2.45, 2.75) is 18.6 Å². The highest BCUT2D eigenvalue weighted by Crippen LogP contribution is 2.43. The maximum atomic E-state index is 12.9. The molecular formula is C22H19N3O5S. The maximum absolute atomic E-state index is 12.9. The second kappa shape index (κ2) is 9.91. The summed E-state index contributed by atoms with van der Waals surface area (Å²) >= 11 is 1.23. The fourth-order valence-corrected chi connectivity index (χ4v) is 4.41. The molecule has 3 rings (SSSR count). The van der Waals surface area contributed by atoms with Crippen molar-refractivity contribution in [3.05, 3.63) is 86.4 Å². The number of esters is 1. The highest BCUT2D eigenvalue weighted by atomic mass is 32.2. The highest BCUT2D eigenvalue weighted by molar-refractivity contribution is 8.02. The monoisotopic (exact) mass is 437 g/mol. The lowest BCUT2D eigenvalue weighted by molar-refractivity contribution is -0.385. The molecular weight excluding hydrogens is 418 g/mol. The van der Waals surface area contributed by atoms with Crippen LogP contribution in [0.25, 0.3) is 0 Å². The first-order valence-electron chi connectivity index (χ1n) is 9.49. The van der Waals surface area contributed by atoms with Crippen LogP contribution < -0.4 is 5.32 Å². The van der Waals surface area contributed by atoms with Gasteiger partial charge in [-0.1, -0.05) is 48.5 Å². The van der Waals surface area contributed by atoms with Crippen molar-refractivity contribution < 1.29 is 19.2 Å². The van der Waals surface area contributed by atoms with Crippen LogP contribution in [0.1, 0.15) is 24.0 Å². The minimum Gasteiger partial charge on any atom is -0.465 e. The Labute approximate surface area is 183 Å². The Hall–Kier alpha value is -3.64. The van der Waals surface area contributed by atoms with Gasteiger partial charge in [-0.15, -0.1) is 11.8 Å². The third-order valence-corrected chi connectivity index (χ3v) is 5.85. The number of nitriles is 1. The first kappa shape index (κ1) is 22.1. The summed E-state index contributed by atoms with van der Waals surface area (Å²) in [5.41, 5.74) is 0.917. The van der Waals surface area contributed by atoms with Gasteiger partial charge in [-0.3, -0.25) is 19.7 Å². The molecule has 2 atom stereocenters. The number of nitrogens with zero attached hydrogens (tertiary/aromatic N) is 2. The van der Waals surface area contributed by atoms with E-state index in [0.29, 0.717) is 5.75 Å². The lowest BCUT2D eigenvalue weighted by Gasteiger charge is -2.30. The molecule has 0 aromatic heterocycles. The molecule has 1 amide bonds. The number of ether oxygens (including phenoxy) is 1. The van der Waals surface area contributed by atoms with Gasteiger partial charge >= 0.3 is 5.97 Å². The molecule has 0 aliphatic carbocycles. The van der Waals surface area contributed by atoms with Gasteiger partial charge in [0.05, 0.1) is 34.1 Å². The van der Waals surface area contributed by atoms with Crippen molar-refractivity contribution in [3.8, 4) is 6.07 Å². The van der Waals surface area contributed by atoms with E-state index in [9.17, 15) is 25.0 Å². The van der Waals surface area contributed by atoms with Crippen molar-refractivity contribution >= 4 is 29.3 Å². The van der Waals surface area contributed by atoms with Gasteiger partial charge in [0.25, 0.3) is 5.69 Å². The molecule has 31 heavy (non-hydrogen) atoms. The number of carbonyl (C=O) groups excluding carboxylic acids is 2. The highest BCUT2D eigenvalue weighted by Gasteiger charge is 2.46. The van der Waals surface area contributed by atoms with Crippen LogP contribution in [0, 0.1) is 27.4 Å². The number of para-hydroxylation sites is 1. The maximum Gasteiger partial charge on any atom is 0.319 e. The lowest BCUT2D eigenvalue weighted by atomic mass is 9.78. The van der Waals surface area contributed by atoms with Crippen LogP contribution in [0.3, 0.4) is 0 Å². The number of thioether (sulfide) groups is 1. The van der Waals surface area contributed by atoms with Gasteiger partial charge in [0, 0.05) is 17.4 Å². The Morgan fingerprint density at radius 3 is 2.55 bits per heavy atom. The number of hydrogen-bond donors (Lipinski definition) is 1. The zero-order valence-electron chi connectivity index (χ0n) is 16.6. The SMILES string of the molecule is CCOC(=O)C1C(=O)NC(SCc2ccccc2)=C(C#N)C1c1ccccc1[N+](=O)[O-]. The van der Waals surface area contributed by atoms with Gasteiger partial charge in [-0.05, 0) is 12.5 Å². The average molecular weight is 437 g/mol. The van der Waals surface area contributed by atoms with Gasteiger partial charge in [-0.2, -0.15) is 5.26 Å². The average Bonchev–Trinajstić information content (AvgIpc) is 2.77. The fraction of sp³-hybridized carbons (Fsp3) is 0.227. The molecule has 0 radical (unpaired) electrons. The molecule has 1 heterocycles. The Kier molecular flexibility index (Phi) is 7.05. The van der Waals surface area contributed by atoms with E-state index >= 15 is 0 Å². The molecule has 0 bridgehead atoms. The van der Waals surface area contributed by atoms with Crippen LogP contribution >= 0.6 is 11.8 Å². The smallest absolute Gasteiger partial charge is 0.319 e. The van der Waals surface area contributed by atoms with Crippen molar-refractivity contribution in [1.29, 1.82) is 5.26 Å². The molecule has 1 N–H and O–H groups in total. The summed E-state index contributed by atoms with van der Waals surface area (Å²) in [6.45, 7) is 1.63. The van der Waals surface area contributed by atoms with Gasteiger partial charge in [0.1, 0.15) is 5.92 Å². The van der Waals surface area contributed by atoms with E-state index in [1.165, 1.54) is 30.0 Å². The molecule has 0 saturated heterocycles. The number of nitrogens with one attached hydrogen (secondary N) is 1. The molecule has 1 aliphatic rings. The van der Waals surface area contributed by atoms with Crippen LogP contribution in [-0.2, 0) is 20.1 Å². The van der Waals surface area contributed by atoms with Gasteiger partial charge in [0.15, 0.2) is 0 Å². The van der Waals surface area contributed by atoms with Crippen molar-refractivity contribution in [3.63, 3.8) is 0 Å². The molecule has 158 valence electrons. The molecule has 2 unspecified atom stereocenters. The Bertz CT molecular complexity index is 1080. The van der Waals surface area contributed by atoms with Crippen LogP contribution in [0.4, 0.5) is 5.69 Å². The molecule has 9 heteroatoms. The largest absolute Gasteiger partial charge is 0.465 e. The van der Waals surface area contributed by atoms with Crippen LogP contribution in [0.2, 0.25) is 0 Å². The molecule has 0 saturated carbocycles. The van der Waals surface area contributed by atoms with Crippen LogP contribution in [-0.4, -0.2) is 23.4 Å². The number of amides is 1. The second-order valence-corrected chi connectivity index (χ2v) is 7.63. The van der Waals surface area contributed by atoms with Gasteiger partial charge in [-0.25, -0.2) is 0 Å². The summed E-state index contributed by atoms with van der Waals surface area (Å²) in [6.07, 6.45) is 0. The Balaban J connectivity index is 2.11. The van der Waals surface area contributed by atoms with Crippen LogP contribution in [0.5, 0.6) is 0 Å². The van der Waals surface area contributed by atoms with E-state index in [2.05, 4.69) is 11.4 Å². The number of nitro benzene ring substituents is 1. The quantitative estimate of drug-likeness (QED) is 0.303. The first-order valence-corrected chi connectivity index (χ1v) is 10.5. The molecule has 0 fully saturated rings. The zero-order valence-corrected chi connectivity index (χ0v) is 17.4. The van der Waals surface area contributed by atoms with E-state index in [1.54, 1.807) is 13.0 Å². The fourth-order valence-electron chi connectivity index (χ4n) is 3.41. The number of carbonyl (C=O) groups is 2. The number of rotatable bonds is 7. The minimum absolute atomic E-state index is 0.0352. The van der Waals surface area contributed by atoms with Crippen molar-refractivity contribution in [2.75, 3.05) is 6.61 Å². The number of nitro groups is 1. The van der Waals surface area contributed by atoms with Crippen molar-refractivity contribution in [2.24, 2.45) is 5.92 Å². The van der Waals surface area contributed by atoms with Crippen LogP contribution in [0.15, 0.2) is 65.2 Å². The van der Waals surface area contributed by atoms with E-state index in [4.69, 9.17) is 4.74 Å². The number of benzene rings is 2. The van der Waals surface area contributed by atoms with E-state index in [0.717, 1.165) is 5.56 Å².